The molecule has 0 radical (unpaired) electrons. The van der Waals surface area contributed by atoms with E-state index in [1.165, 1.54) is 12.0 Å². The molecule has 1 unspecified atom stereocenters. The van der Waals surface area contributed by atoms with Crippen LogP contribution in [0.5, 0.6) is 0 Å². The number of likely N-dealkylation sites (tertiary alicyclic amines) is 1. The standard InChI is InChI=1S/C15H21N3O.C2HF3O2/c19-14-4-6-15(17-14)5-2-9-18(10-7-15)12-13-3-1-8-16-11-13;3-2(4,5)1(6)7/h1,3,8,11H,2,4-7,9-10,12H2,(H,17,19);(H,6,7). The van der Waals surface area contributed by atoms with Gasteiger partial charge < -0.3 is 10.4 Å². The summed E-state index contributed by atoms with van der Waals surface area (Å²) in [4.78, 5) is 27.0. The normalized spacial score (nSPS) is 23.7. The van der Waals surface area contributed by atoms with Crippen LogP contribution in [0.4, 0.5) is 13.2 Å². The molecule has 0 aromatic carbocycles. The molecule has 1 spiro atoms. The van der Waals surface area contributed by atoms with E-state index >= 15 is 0 Å². The van der Waals surface area contributed by atoms with Gasteiger partial charge in [0.2, 0.25) is 5.91 Å². The summed E-state index contributed by atoms with van der Waals surface area (Å²) < 4.78 is 31.7. The van der Waals surface area contributed by atoms with Gasteiger partial charge in [0.1, 0.15) is 0 Å². The fraction of sp³-hybridized carbons (Fsp3) is 0.588. The minimum atomic E-state index is -5.08. The molecule has 0 aliphatic carbocycles. The van der Waals surface area contributed by atoms with Gasteiger partial charge in [0.15, 0.2) is 0 Å². The van der Waals surface area contributed by atoms with Crippen molar-refractivity contribution in [1.82, 2.24) is 15.2 Å². The summed E-state index contributed by atoms with van der Waals surface area (Å²) >= 11 is 0. The van der Waals surface area contributed by atoms with E-state index in [0.717, 1.165) is 38.9 Å². The van der Waals surface area contributed by atoms with Crippen molar-refractivity contribution < 1.29 is 27.9 Å². The minimum Gasteiger partial charge on any atom is -0.475 e. The molecule has 2 fully saturated rings. The highest BCUT2D eigenvalue weighted by molar-refractivity contribution is 5.79. The van der Waals surface area contributed by atoms with Crippen LogP contribution in [0.3, 0.4) is 0 Å². The topological polar surface area (TPSA) is 82.5 Å². The van der Waals surface area contributed by atoms with Gasteiger partial charge in [0.25, 0.3) is 0 Å². The number of amides is 1. The van der Waals surface area contributed by atoms with Gasteiger partial charge in [0, 0.05) is 37.4 Å². The lowest BCUT2D eigenvalue weighted by atomic mass is 9.89. The van der Waals surface area contributed by atoms with Gasteiger partial charge in [-0.05, 0) is 43.9 Å². The molecule has 2 aliphatic heterocycles. The number of nitrogens with zero attached hydrogens (tertiary/aromatic N) is 2. The van der Waals surface area contributed by atoms with Crippen LogP contribution in [-0.2, 0) is 16.1 Å². The average molecular weight is 373 g/mol. The molecule has 3 heterocycles. The maximum atomic E-state index is 11.5. The third-order valence-corrected chi connectivity index (χ3v) is 4.64. The number of alkyl halides is 3. The minimum absolute atomic E-state index is 0.0980. The summed E-state index contributed by atoms with van der Waals surface area (Å²) in [7, 11) is 0. The molecule has 6 nitrogen and oxygen atoms in total. The van der Waals surface area contributed by atoms with Crippen LogP contribution in [0, 0.1) is 0 Å². The number of carboxylic acids is 1. The molecule has 2 N–H and O–H groups in total. The molecule has 3 rings (SSSR count). The first-order valence-corrected chi connectivity index (χ1v) is 8.43. The second-order valence-corrected chi connectivity index (χ2v) is 6.62. The first kappa shape index (κ1) is 20.2. The monoisotopic (exact) mass is 373 g/mol. The van der Waals surface area contributed by atoms with E-state index in [-0.39, 0.29) is 11.4 Å². The first-order chi connectivity index (χ1) is 12.2. The van der Waals surface area contributed by atoms with Gasteiger partial charge in [-0.15, -0.1) is 0 Å². The van der Waals surface area contributed by atoms with E-state index < -0.39 is 12.1 Å². The van der Waals surface area contributed by atoms with Gasteiger partial charge in [0.05, 0.1) is 0 Å². The van der Waals surface area contributed by atoms with Gasteiger partial charge in [-0.1, -0.05) is 6.07 Å². The van der Waals surface area contributed by atoms with Crippen molar-refractivity contribution in [1.29, 1.82) is 0 Å². The molecule has 1 aromatic heterocycles. The highest BCUT2D eigenvalue weighted by Gasteiger charge is 2.39. The summed E-state index contributed by atoms with van der Waals surface area (Å²) in [5.41, 5.74) is 1.37. The van der Waals surface area contributed by atoms with Crippen LogP contribution < -0.4 is 5.32 Å². The van der Waals surface area contributed by atoms with Crippen molar-refractivity contribution in [2.45, 2.75) is 50.4 Å². The Morgan fingerprint density at radius 1 is 1.31 bits per heavy atom. The Hall–Kier alpha value is -2.16. The smallest absolute Gasteiger partial charge is 0.475 e. The van der Waals surface area contributed by atoms with Gasteiger partial charge in [-0.2, -0.15) is 13.2 Å². The molecular formula is C17H22F3N3O3. The zero-order valence-electron chi connectivity index (χ0n) is 14.3. The Labute approximate surface area is 149 Å². The number of rotatable bonds is 2. The largest absolute Gasteiger partial charge is 0.490 e. The van der Waals surface area contributed by atoms with Crippen LogP contribution >= 0.6 is 0 Å². The quantitative estimate of drug-likeness (QED) is 0.832. The van der Waals surface area contributed by atoms with Crippen LogP contribution in [0.25, 0.3) is 0 Å². The van der Waals surface area contributed by atoms with E-state index in [1.54, 1.807) is 0 Å². The van der Waals surface area contributed by atoms with Gasteiger partial charge in [-0.3, -0.25) is 14.7 Å². The Balaban J connectivity index is 0.000000298. The number of carboxylic acid groups (broad SMARTS) is 1. The molecule has 0 saturated carbocycles. The fourth-order valence-electron chi connectivity index (χ4n) is 3.31. The lowest BCUT2D eigenvalue weighted by Gasteiger charge is -2.27. The summed E-state index contributed by atoms with van der Waals surface area (Å²) in [6, 6.07) is 4.12. The Morgan fingerprint density at radius 3 is 2.58 bits per heavy atom. The van der Waals surface area contributed by atoms with E-state index in [0.29, 0.717) is 6.42 Å². The number of hydrogen-bond acceptors (Lipinski definition) is 4. The predicted molar refractivity (Wildman–Crippen MR) is 87.2 cm³/mol. The van der Waals surface area contributed by atoms with Gasteiger partial charge >= 0.3 is 12.1 Å². The number of carbonyl (C=O) groups excluding carboxylic acids is 1. The second kappa shape index (κ2) is 8.48. The predicted octanol–water partition coefficient (Wildman–Crippen LogP) is 2.35. The third-order valence-electron chi connectivity index (χ3n) is 4.64. The number of halogens is 3. The highest BCUT2D eigenvalue weighted by Crippen LogP contribution is 2.31. The van der Waals surface area contributed by atoms with Crippen molar-refractivity contribution in [3.05, 3.63) is 30.1 Å². The Kier molecular flexibility index (Phi) is 6.57. The zero-order chi connectivity index (χ0) is 19.2. The van der Waals surface area contributed by atoms with Crippen LogP contribution in [0.2, 0.25) is 0 Å². The molecule has 2 saturated heterocycles. The SMILES string of the molecule is O=C(O)C(F)(F)F.O=C1CCC2(CCCN(Cc3cccnc3)CC2)N1. The second-order valence-electron chi connectivity index (χ2n) is 6.62. The van der Waals surface area contributed by atoms with E-state index in [2.05, 4.69) is 21.3 Å². The summed E-state index contributed by atoms with van der Waals surface area (Å²) in [6.07, 6.45) is 3.78. The van der Waals surface area contributed by atoms with Crippen LogP contribution in [0.15, 0.2) is 24.5 Å². The lowest BCUT2D eigenvalue weighted by molar-refractivity contribution is -0.192. The molecule has 2 aliphatic rings. The number of carbonyl (C=O) groups is 2. The van der Waals surface area contributed by atoms with Crippen LogP contribution in [-0.4, -0.2) is 51.7 Å². The molecular weight excluding hydrogens is 351 g/mol. The van der Waals surface area contributed by atoms with E-state index in [9.17, 15) is 18.0 Å². The number of nitrogens with one attached hydrogen (secondary N) is 1. The summed E-state index contributed by atoms with van der Waals surface area (Å²) in [5, 5.41) is 10.3. The zero-order valence-corrected chi connectivity index (χ0v) is 14.3. The molecule has 144 valence electrons. The average Bonchev–Trinajstić information content (AvgIpc) is 2.82. The van der Waals surface area contributed by atoms with E-state index in [4.69, 9.17) is 9.90 Å². The molecule has 9 heteroatoms. The summed E-state index contributed by atoms with van der Waals surface area (Å²) in [6.45, 7) is 3.15. The molecule has 1 aromatic rings. The number of aromatic nitrogens is 1. The highest BCUT2D eigenvalue weighted by atomic mass is 19.4. The molecule has 1 amide bonds. The lowest BCUT2D eigenvalue weighted by Crippen LogP contribution is -2.42. The van der Waals surface area contributed by atoms with Crippen molar-refractivity contribution in [2.75, 3.05) is 13.1 Å². The van der Waals surface area contributed by atoms with Crippen LogP contribution in [0.1, 0.15) is 37.7 Å². The van der Waals surface area contributed by atoms with Crippen molar-refractivity contribution >= 4 is 11.9 Å². The van der Waals surface area contributed by atoms with Crippen molar-refractivity contribution in [3.63, 3.8) is 0 Å². The van der Waals surface area contributed by atoms with E-state index in [1.807, 2.05) is 18.5 Å². The maximum Gasteiger partial charge on any atom is 0.490 e. The fourth-order valence-corrected chi connectivity index (χ4v) is 3.31. The third kappa shape index (κ3) is 5.98. The van der Waals surface area contributed by atoms with Gasteiger partial charge in [-0.25, -0.2) is 4.79 Å². The number of pyridine rings is 1. The Bertz CT molecular complexity index is 625. The number of hydrogen-bond donors (Lipinski definition) is 2. The van der Waals surface area contributed by atoms with Crippen molar-refractivity contribution in [3.8, 4) is 0 Å². The number of aliphatic carboxylic acids is 1. The maximum absolute atomic E-state index is 11.5. The first-order valence-electron chi connectivity index (χ1n) is 8.43. The Morgan fingerprint density at radius 2 is 2.04 bits per heavy atom. The molecule has 0 bridgehead atoms. The molecule has 26 heavy (non-hydrogen) atoms. The molecule has 1 atom stereocenters. The summed E-state index contributed by atoms with van der Waals surface area (Å²) in [5.74, 6) is -2.52. The van der Waals surface area contributed by atoms with Crippen molar-refractivity contribution in [2.24, 2.45) is 0 Å².